The average molecular weight is 586 g/mol. The number of carbonyl (C=O) groups excluding carboxylic acids is 4. The van der Waals surface area contributed by atoms with Crippen LogP contribution in [0.2, 0.25) is 0 Å². The molecule has 1 aliphatic carbocycles. The van der Waals surface area contributed by atoms with Gasteiger partial charge in [-0.1, -0.05) is 38.5 Å². The Morgan fingerprint density at radius 2 is 1.86 bits per heavy atom. The number of amides is 1. The van der Waals surface area contributed by atoms with E-state index in [-0.39, 0.29) is 48.6 Å². The predicted octanol–water partition coefficient (Wildman–Crippen LogP) is 5.57. The fourth-order valence-electron chi connectivity index (χ4n) is 5.73. The number of ketones is 3. The molecule has 0 bridgehead atoms. The van der Waals surface area contributed by atoms with Crippen molar-refractivity contribution >= 4 is 34.2 Å². The number of H-pyrrole nitrogens is 1. The molecule has 4 rings (SSSR count). The largest absolute Gasteiger partial charge is 0.496 e. The van der Waals surface area contributed by atoms with Gasteiger partial charge in [-0.15, -0.1) is 0 Å². The van der Waals surface area contributed by atoms with Crippen LogP contribution in [-0.2, 0) is 14.4 Å². The van der Waals surface area contributed by atoms with E-state index in [0.29, 0.717) is 36.3 Å². The molecule has 9 nitrogen and oxygen atoms in total. The number of benzene rings is 2. The van der Waals surface area contributed by atoms with Crippen LogP contribution in [0, 0.1) is 29.1 Å². The molecule has 0 aliphatic heterocycles. The summed E-state index contributed by atoms with van der Waals surface area (Å²) in [4.78, 5) is 56.4. The van der Waals surface area contributed by atoms with Gasteiger partial charge in [0, 0.05) is 35.6 Å². The van der Waals surface area contributed by atoms with Crippen LogP contribution in [0.15, 0.2) is 48.5 Å². The first-order chi connectivity index (χ1) is 20.7. The van der Waals surface area contributed by atoms with E-state index in [0.717, 1.165) is 23.7 Å². The maximum absolute atomic E-state index is 13.7. The lowest BCUT2D eigenvalue weighted by atomic mass is 9.82. The number of aromatic nitrogens is 1. The second kappa shape index (κ2) is 14.6. The van der Waals surface area contributed by atoms with E-state index in [4.69, 9.17) is 9.47 Å². The highest BCUT2D eigenvalue weighted by Crippen LogP contribution is 2.29. The number of nitriles is 1. The van der Waals surface area contributed by atoms with Gasteiger partial charge >= 0.3 is 0 Å². The third-order valence-electron chi connectivity index (χ3n) is 7.99. The number of Topliss-reactive ketones (excluding diaryl/α,β-unsaturated/α-hetero) is 3. The number of para-hydroxylation sites is 1. The second-order valence-corrected chi connectivity index (χ2v) is 11.6. The summed E-state index contributed by atoms with van der Waals surface area (Å²) in [7, 11) is 1.57. The van der Waals surface area contributed by atoms with Crippen molar-refractivity contribution in [3.8, 4) is 17.6 Å². The second-order valence-electron chi connectivity index (χ2n) is 11.6. The smallest absolute Gasteiger partial charge is 0.224 e. The Kier molecular flexibility index (Phi) is 10.7. The first-order valence-electron chi connectivity index (χ1n) is 14.9. The zero-order valence-electron chi connectivity index (χ0n) is 25.0. The monoisotopic (exact) mass is 585 g/mol. The molecule has 0 spiro atoms. The minimum absolute atomic E-state index is 0.0472. The van der Waals surface area contributed by atoms with Crippen LogP contribution in [0.5, 0.6) is 11.5 Å². The molecule has 1 heterocycles. The summed E-state index contributed by atoms with van der Waals surface area (Å²) in [6, 6.07) is 14.9. The Morgan fingerprint density at radius 3 is 2.58 bits per heavy atom. The molecule has 2 aromatic carbocycles. The Morgan fingerprint density at radius 1 is 1.09 bits per heavy atom. The number of fused-ring (bicyclic) bond motifs is 1. The average Bonchev–Trinajstić information content (AvgIpc) is 3.45. The number of nitrogens with zero attached hydrogens (tertiary/aromatic N) is 1. The van der Waals surface area contributed by atoms with Crippen LogP contribution in [0.25, 0.3) is 10.9 Å². The Labute approximate surface area is 251 Å². The fraction of sp³-hybridized carbons (Fsp3) is 0.441. The van der Waals surface area contributed by atoms with Gasteiger partial charge in [-0.25, -0.2) is 0 Å². The van der Waals surface area contributed by atoms with Crippen LogP contribution in [-0.4, -0.2) is 48.0 Å². The van der Waals surface area contributed by atoms with Crippen molar-refractivity contribution in [2.45, 2.75) is 64.8 Å². The van der Waals surface area contributed by atoms with Crippen LogP contribution < -0.4 is 14.8 Å². The highest BCUT2D eigenvalue weighted by Gasteiger charge is 2.33. The van der Waals surface area contributed by atoms with E-state index in [9.17, 15) is 24.4 Å². The van der Waals surface area contributed by atoms with Crippen molar-refractivity contribution in [3.63, 3.8) is 0 Å². The van der Waals surface area contributed by atoms with Crippen molar-refractivity contribution in [2.75, 3.05) is 13.7 Å². The summed E-state index contributed by atoms with van der Waals surface area (Å²) >= 11 is 0. The number of hydrogen-bond donors (Lipinski definition) is 2. The quantitative estimate of drug-likeness (QED) is 0.236. The zero-order chi connectivity index (χ0) is 30.9. The summed E-state index contributed by atoms with van der Waals surface area (Å²) in [6.45, 7) is 3.58. The number of methoxy groups -OCH3 is 1. The van der Waals surface area contributed by atoms with Gasteiger partial charge < -0.3 is 19.8 Å². The molecule has 1 fully saturated rings. The number of rotatable bonds is 14. The van der Waals surface area contributed by atoms with Gasteiger partial charge in [0.05, 0.1) is 24.4 Å². The van der Waals surface area contributed by atoms with Crippen molar-refractivity contribution in [3.05, 3.63) is 59.8 Å². The predicted molar refractivity (Wildman–Crippen MR) is 162 cm³/mol. The lowest BCUT2D eigenvalue weighted by molar-refractivity contribution is -0.133. The topological polar surface area (TPSA) is 138 Å². The van der Waals surface area contributed by atoms with Gasteiger partial charge in [0.15, 0.2) is 11.6 Å². The molecular weight excluding hydrogens is 546 g/mol. The van der Waals surface area contributed by atoms with Crippen molar-refractivity contribution in [2.24, 2.45) is 17.8 Å². The third kappa shape index (κ3) is 8.10. The molecule has 1 saturated carbocycles. The van der Waals surface area contributed by atoms with Crippen LogP contribution in [0.4, 0.5) is 0 Å². The van der Waals surface area contributed by atoms with E-state index in [2.05, 4.69) is 10.3 Å². The summed E-state index contributed by atoms with van der Waals surface area (Å²) in [6.07, 6.45) is 3.41. The van der Waals surface area contributed by atoms with E-state index in [1.165, 1.54) is 0 Å². The van der Waals surface area contributed by atoms with E-state index >= 15 is 0 Å². The molecule has 2 N–H and O–H groups in total. The van der Waals surface area contributed by atoms with Gasteiger partial charge in [0.1, 0.15) is 30.0 Å². The maximum Gasteiger partial charge on any atom is 0.224 e. The first-order valence-corrected chi connectivity index (χ1v) is 14.9. The summed E-state index contributed by atoms with van der Waals surface area (Å²) in [5.74, 6) is -0.909. The number of hydrogen-bond acceptors (Lipinski definition) is 7. The first kappa shape index (κ1) is 31.5. The van der Waals surface area contributed by atoms with Gasteiger partial charge in [0.25, 0.3) is 0 Å². The molecule has 1 aromatic heterocycles. The lowest BCUT2D eigenvalue weighted by Gasteiger charge is -2.27. The van der Waals surface area contributed by atoms with Crippen LogP contribution >= 0.6 is 0 Å². The summed E-state index contributed by atoms with van der Waals surface area (Å²) in [5, 5.41) is 13.0. The Hall–Kier alpha value is -4.45. The Bertz CT molecular complexity index is 1520. The summed E-state index contributed by atoms with van der Waals surface area (Å²) < 4.78 is 11.1. The fourth-order valence-corrected chi connectivity index (χ4v) is 5.73. The molecule has 9 heteroatoms. The van der Waals surface area contributed by atoms with E-state index in [1.54, 1.807) is 37.4 Å². The number of ether oxygens (including phenoxy) is 2. The molecule has 0 unspecified atom stereocenters. The standard InChI is InChI=1S/C34H39N3O6/c1-21(2)15-24(17-30(39)28-18-25-26(36-28)11-8-14-33(25)42-3)34(41)37-27(16-22-9-4-6-12-29(22)38)31(40)20-43-32-13-7-5-10-23(32)19-35/h5,7-8,10-11,13-14,18,21-22,24,27,36H,4,6,9,12,15-17,20H2,1-3H3,(H,37,41)/t22-,24+,27-/m0/s1. The molecule has 3 aromatic rings. The SMILES string of the molecule is COc1cccc2[nH]c(C(=O)C[C@@H](CC(C)C)C(=O)N[C@@H](C[C@@H]3CCCCC3=O)C(=O)COc3ccccc3C#N)cc12. The van der Waals surface area contributed by atoms with Crippen molar-refractivity contribution < 1.29 is 28.7 Å². The molecule has 0 saturated heterocycles. The molecule has 43 heavy (non-hydrogen) atoms. The number of nitrogens with one attached hydrogen (secondary N) is 2. The van der Waals surface area contributed by atoms with Gasteiger partial charge in [0.2, 0.25) is 5.91 Å². The Balaban J connectivity index is 1.52. The normalized spacial score (nSPS) is 16.3. The highest BCUT2D eigenvalue weighted by atomic mass is 16.5. The minimum atomic E-state index is -0.962. The van der Waals surface area contributed by atoms with Crippen molar-refractivity contribution in [1.82, 2.24) is 10.3 Å². The molecular formula is C34H39N3O6. The summed E-state index contributed by atoms with van der Waals surface area (Å²) in [5.41, 5.74) is 1.43. The van der Waals surface area contributed by atoms with E-state index in [1.807, 2.05) is 38.1 Å². The third-order valence-corrected chi connectivity index (χ3v) is 7.99. The van der Waals surface area contributed by atoms with Crippen LogP contribution in [0.1, 0.15) is 74.8 Å². The van der Waals surface area contributed by atoms with Crippen molar-refractivity contribution in [1.29, 1.82) is 5.26 Å². The van der Waals surface area contributed by atoms with Gasteiger partial charge in [-0.2, -0.15) is 5.26 Å². The molecule has 0 radical (unpaired) electrons. The molecule has 1 amide bonds. The van der Waals surface area contributed by atoms with Crippen LogP contribution in [0.3, 0.4) is 0 Å². The maximum atomic E-state index is 13.7. The number of carbonyl (C=O) groups is 4. The number of aromatic amines is 1. The molecule has 226 valence electrons. The molecule has 1 aliphatic rings. The van der Waals surface area contributed by atoms with E-state index < -0.39 is 23.7 Å². The lowest BCUT2D eigenvalue weighted by Crippen LogP contribution is -2.47. The zero-order valence-corrected chi connectivity index (χ0v) is 25.0. The minimum Gasteiger partial charge on any atom is -0.496 e. The highest BCUT2D eigenvalue weighted by molar-refractivity contribution is 6.02. The van der Waals surface area contributed by atoms with Gasteiger partial charge in [-0.05, 0) is 61.9 Å². The van der Waals surface area contributed by atoms with Gasteiger partial charge in [-0.3, -0.25) is 19.2 Å². The molecule has 3 atom stereocenters.